The van der Waals surface area contributed by atoms with Crippen LogP contribution >= 0.6 is 0 Å². The van der Waals surface area contributed by atoms with Crippen molar-refractivity contribution in [2.45, 2.75) is 96.1 Å². The van der Waals surface area contributed by atoms with Crippen molar-refractivity contribution in [1.82, 2.24) is 36.1 Å². The molecule has 2 aromatic carbocycles. The molecule has 4 aromatic rings. The first-order valence-electron chi connectivity index (χ1n) is 21.2. The van der Waals surface area contributed by atoms with E-state index in [0.29, 0.717) is 66.7 Å². The molecule has 8 N–H and O–H groups in total. The molecule has 332 valence electrons. The van der Waals surface area contributed by atoms with Gasteiger partial charge in [0.05, 0.1) is 54.7 Å². The van der Waals surface area contributed by atoms with Crippen molar-refractivity contribution < 1.29 is 43.0 Å². The molecule has 4 heterocycles. The van der Waals surface area contributed by atoms with Gasteiger partial charge >= 0.3 is 5.97 Å². The lowest BCUT2D eigenvalue weighted by Gasteiger charge is -2.31. The number of benzene rings is 2. The minimum absolute atomic E-state index is 0.0113. The van der Waals surface area contributed by atoms with E-state index >= 15 is 4.39 Å². The fourth-order valence-electron chi connectivity index (χ4n) is 8.69. The molecule has 3 aliphatic rings. The van der Waals surface area contributed by atoms with Crippen LogP contribution in [0.5, 0.6) is 0 Å². The molecule has 0 spiro atoms. The molecule has 2 aliphatic heterocycles. The number of aryl methyl sites for hydroxylation is 1. The molecule has 0 radical (unpaired) electrons. The maximum absolute atomic E-state index is 15.3. The number of fused-ring (bicyclic) bond motifs is 5. The Hall–Kier alpha value is -6.53. The average Bonchev–Trinajstić information content (AvgIpc) is 3.65. The van der Waals surface area contributed by atoms with Crippen molar-refractivity contribution in [3.05, 3.63) is 97.6 Å². The Bertz CT molecular complexity index is 2560. The Morgan fingerprint density at radius 2 is 1.73 bits per heavy atom. The van der Waals surface area contributed by atoms with Crippen LogP contribution < -0.4 is 37.9 Å². The van der Waals surface area contributed by atoms with E-state index in [9.17, 15) is 38.7 Å². The van der Waals surface area contributed by atoms with Gasteiger partial charge in [0.2, 0.25) is 29.5 Å². The molecular weight excluding hydrogens is 816 g/mol. The molecule has 1 aliphatic carbocycles. The SMILES string of the molecule is CC[C@@]1(O)C(=O)OCc2c1cc1n(c2=O)Cc2c-1nc1cc(F)c(C)c3c1c2[C@@H](NC(=O)CCCCCNC(=O)CNC(=O)[C@H](Cc1ccccc1)NC(=O)CNC(=O)CN)CC3. The molecule has 0 bridgehead atoms. The zero-order valence-electron chi connectivity index (χ0n) is 35.2. The minimum Gasteiger partial charge on any atom is -0.458 e. The van der Waals surface area contributed by atoms with Crippen LogP contribution in [0.4, 0.5) is 4.39 Å². The fourth-order valence-corrected chi connectivity index (χ4v) is 8.69. The van der Waals surface area contributed by atoms with Crippen LogP contribution in [0.2, 0.25) is 0 Å². The molecule has 0 saturated carbocycles. The average molecular weight is 867 g/mol. The molecule has 5 amide bonds. The maximum atomic E-state index is 15.3. The lowest BCUT2D eigenvalue weighted by atomic mass is 9.81. The number of esters is 1. The van der Waals surface area contributed by atoms with Gasteiger partial charge in [0.25, 0.3) is 5.56 Å². The summed E-state index contributed by atoms with van der Waals surface area (Å²) in [5.74, 6) is -3.56. The zero-order chi connectivity index (χ0) is 45.0. The summed E-state index contributed by atoms with van der Waals surface area (Å²) < 4.78 is 22.0. The number of rotatable bonds is 17. The van der Waals surface area contributed by atoms with Gasteiger partial charge in [-0.25, -0.2) is 14.2 Å². The lowest BCUT2D eigenvalue weighted by molar-refractivity contribution is -0.172. The molecule has 17 nitrogen and oxygen atoms in total. The van der Waals surface area contributed by atoms with Crippen LogP contribution in [0, 0.1) is 12.7 Å². The molecule has 63 heavy (non-hydrogen) atoms. The number of ether oxygens (including phenoxy) is 1. The van der Waals surface area contributed by atoms with Crippen LogP contribution in [0.15, 0.2) is 47.3 Å². The topological polar surface area (TPSA) is 253 Å². The molecule has 7 rings (SSSR count). The highest BCUT2D eigenvalue weighted by Crippen LogP contribution is 2.46. The highest BCUT2D eigenvalue weighted by molar-refractivity contribution is 5.94. The first-order chi connectivity index (χ1) is 30.2. The Morgan fingerprint density at radius 3 is 2.48 bits per heavy atom. The van der Waals surface area contributed by atoms with Gasteiger partial charge in [-0.05, 0) is 67.3 Å². The summed E-state index contributed by atoms with van der Waals surface area (Å²) >= 11 is 0. The summed E-state index contributed by atoms with van der Waals surface area (Å²) in [6.45, 7) is 2.53. The Labute approximate surface area is 361 Å². The normalized spacial score (nSPS) is 17.4. The molecule has 0 saturated heterocycles. The third kappa shape index (κ3) is 9.18. The number of pyridine rings is 2. The number of hydrogen-bond donors (Lipinski definition) is 7. The van der Waals surface area contributed by atoms with Gasteiger partial charge in [-0.1, -0.05) is 43.7 Å². The number of carbonyl (C=O) groups is 6. The van der Waals surface area contributed by atoms with Crippen LogP contribution in [-0.2, 0) is 65.1 Å². The highest BCUT2D eigenvalue weighted by Gasteiger charge is 2.46. The van der Waals surface area contributed by atoms with E-state index in [4.69, 9.17) is 15.5 Å². The predicted molar refractivity (Wildman–Crippen MR) is 227 cm³/mol. The Balaban J connectivity index is 0.943. The minimum atomic E-state index is -2.00. The summed E-state index contributed by atoms with van der Waals surface area (Å²) in [4.78, 5) is 94.5. The summed E-state index contributed by atoms with van der Waals surface area (Å²) in [6.07, 6.45) is 3.04. The number of nitrogens with zero attached hydrogens (tertiary/aromatic N) is 2. The molecular formula is C45H51FN8O9. The monoisotopic (exact) mass is 866 g/mol. The van der Waals surface area contributed by atoms with Crippen molar-refractivity contribution >= 4 is 46.4 Å². The highest BCUT2D eigenvalue weighted by atomic mass is 19.1. The third-order valence-corrected chi connectivity index (χ3v) is 12.1. The number of aromatic nitrogens is 2. The zero-order valence-corrected chi connectivity index (χ0v) is 35.2. The lowest BCUT2D eigenvalue weighted by Crippen LogP contribution is -2.52. The largest absolute Gasteiger partial charge is 0.458 e. The number of amides is 5. The molecule has 0 fully saturated rings. The van der Waals surface area contributed by atoms with E-state index in [-0.39, 0.29) is 69.1 Å². The summed E-state index contributed by atoms with van der Waals surface area (Å²) in [5, 5.41) is 25.5. The number of unbranched alkanes of at least 4 members (excludes halogenated alkanes) is 2. The molecule has 3 atom stereocenters. The van der Waals surface area contributed by atoms with Crippen LogP contribution in [-0.4, -0.2) is 82.4 Å². The second-order valence-electron chi connectivity index (χ2n) is 16.1. The van der Waals surface area contributed by atoms with E-state index in [2.05, 4.69) is 26.6 Å². The summed E-state index contributed by atoms with van der Waals surface area (Å²) in [5.41, 5.74) is 7.97. The number of cyclic esters (lactones) is 1. The number of halogens is 1. The van der Waals surface area contributed by atoms with E-state index in [1.54, 1.807) is 44.2 Å². The van der Waals surface area contributed by atoms with E-state index in [1.807, 2.05) is 6.07 Å². The standard InChI is InChI=1S/C45H51FN8O9/c1-3-45(62)29-17-34-41-27(22-54(34)43(60)28(29)23-63-44(45)61)40-31(14-13-26-24(2)30(46)18-32(53-41)39(26)40)51-35(55)12-8-5-9-15-48-37(57)20-50-42(59)33(16-25-10-6-4-7-11-25)52-38(58)21-49-36(56)19-47/h4,6-7,10-11,17-18,31,33,62H,3,5,8-9,12-16,19-23,47H2,1-2H3,(H,48,57)(H,49,56)(H,50,59)(H,51,55)(H,52,58)/t31-,33-,45-/m0/s1. The van der Waals surface area contributed by atoms with Gasteiger partial charge < -0.3 is 46.7 Å². The van der Waals surface area contributed by atoms with Crippen molar-refractivity contribution in [1.29, 1.82) is 0 Å². The quantitative estimate of drug-likeness (QED) is 0.0517. The molecule has 18 heteroatoms. The van der Waals surface area contributed by atoms with Gasteiger partial charge in [-0.2, -0.15) is 0 Å². The van der Waals surface area contributed by atoms with Crippen LogP contribution in [0.25, 0.3) is 22.3 Å². The van der Waals surface area contributed by atoms with E-state index < -0.39 is 58.7 Å². The number of aliphatic hydroxyl groups is 1. The van der Waals surface area contributed by atoms with Crippen molar-refractivity contribution in [2.24, 2.45) is 5.73 Å². The van der Waals surface area contributed by atoms with Gasteiger partial charge in [-0.15, -0.1) is 0 Å². The van der Waals surface area contributed by atoms with Crippen LogP contribution in [0.1, 0.15) is 90.4 Å². The molecule has 2 aromatic heterocycles. The number of carbonyl (C=O) groups excluding carboxylic acids is 6. The number of hydrogen-bond acceptors (Lipinski definition) is 11. The number of nitrogens with two attached hydrogens (primary N) is 1. The number of nitrogens with one attached hydrogen (secondary N) is 5. The van der Waals surface area contributed by atoms with Gasteiger partial charge in [0.15, 0.2) is 5.60 Å². The van der Waals surface area contributed by atoms with Gasteiger partial charge in [0, 0.05) is 42.0 Å². The fraction of sp³-hybridized carbons (Fsp3) is 0.422. The summed E-state index contributed by atoms with van der Waals surface area (Å²) in [6, 6.07) is 10.5. The van der Waals surface area contributed by atoms with Crippen molar-refractivity contribution in [2.75, 3.05) is 26.2 Å². The van der Waals surface area contributed by atoms with Crippen molar-refractivity contribution in [3.8, 4) is 11.4 Å². The Kier molecular flexibility index (Phi) is 13.3. The molecule has 0 unspecified atom stereocenters. The second-order valence-corrected chi connectivity index (χ2v) is 16.1. The first-order valence-corrected chi connectivity index (χ1v) is 21.2. The van der Waals surface area contributed by atoms with Gasteiger partial charge in [-0.3, -0.25) is 28.8 Å². The first kappa shape index (κ1) is 44.5. The van der Waals surface area contributed by atoms with Crippen LogP contribution in [0.3, 0.4) is 0 Å². The third-order valence-electron chi connectivity index (χ3n) is 12.1. The Morgan fingerprint density at radius 1 is 0.968 bits per heavy atom. The van der Waals surface area contributed by atoms with E-state index in [0.717, 1.165) is 22.1 Å². The smallest absolute Gasteiger partial charge is 0.343 e. The maximum Gasteiger partial charge on any atom is 0.343 e. The second kappa shape index (κ2) is 18.8. The summed E-state index contributed by atoms with van der Waals surface area (Å²) in [7, 11) is 0. The van der Waals surface area contributed by atoms with E-state index in [1.165, 1.54) is 10.6 Å². The predicted octanol–water partition coefficient (Wildman–Crippen LogP) is 1.23. The van der Waals surface area contributed by atoms with Crippen molar-refractivity contribution in [3.63, 3.8) is 0 Å². The van der Waals surface area contributed by atoms with Gasteiger partial charge in [0.1, 0.15) is 18.5 Å².